The molecule has 5 nitrogen and oxygen atoms in total. The van der Waals surface area contributed by atoms with Crippen molar-refractivity contribution in [3.8, 4) is 5.75 Å². The lowest BCUT2D eigenvalue weighted by molar-refractivity contribution is -0.384. The van der Waals surface area contributed by atoms with Gasteiger partial charge < -0.3 is 10.1 Å². The fourth-order valence-electron chi connectivity index (χ4n) is 3.89. The number of allylic oxidation sites excluding steroid dienone is 2. The topological polar surface area (TPSA) is 64.4 Å². The third-order valence-electron chi connectivity index (χ3n) is 5.10. The molecule has 1 N–H and O–H groups in total. The summed E-state index contributed by atoms with van der Waals surface area (Å²) in [5.41, 5.74) is 3.04. The van der Waals surface area contributed by atoms with Crippen molar-refractivity contribution in [2.45, 2.75) is 18.4 Å². The molecule has 128 valence electrons. The SMILES string of the molecule is COc1ccc2c(c1)C1C=CCC1[C@@H](c1cc([N+](=O)[O-])ccc1Cl)N2. The minimum Gasteiger partial charge on any atom is -0.497 e. The number of halogens is 1. The lowest BCUT2D eigenvalue weighted by atomic mass is 9.77. The van der Waals surface area contributed by atoms with Crippen LogP contribution in [0.4, 0.5) is 11.4 Å². The van der Waals surface area contributed by atoms with Crippen molar-refractivity contribution in [1.82, 2.24) is 0 Å². The highest BCUT2D eigenvalue weighted by Crippen LogP contribution is 2.51. The van der Waals surface area contributed by atoms with E-state index in [4.69, 9.17) is 16.3 Å². The summed E-state index contributed by atoms with van der Waals surface area (Å²) in [5, 5.41) is 15.2. The van der Waals surface area contributed by atoms with Gasteiger partial charge in [-0.05, 0) is 42.2 Å². The van der Waals surface area contributed by atoms with Crippen LogP contribution in [0.1, 0.15) is 29.5 Å². The van der Waals surface area contributed by atoms with Crippen LogP contribution >= 0.6 is 11.6 Å². The van der Waals surface area contributed by atoms with Gasteiger partial charge in [-0.15, -0.1) is 0 Å². The normalized spacial score (nSPS) is 23.5. The van der Waals surface area contributed by atoms with E-state index >= 15 is 0 Å². The summed E-state index contributed by atoms with van der Waals surface area (Å²) < 4.78 is 5.35. The Bertz CT molecular complexity index is 881. The molecule has 6 heteroatoms. The maximum atomic E-state index is 11.2. The van der Waals surface area contributed by atoms with Gasteiger partial charge in [0.25, 0.3) is 5.69 Å². The zero-order valence-electron chi connectivity index (χ0n) is 13.6. The summed E-state index contributed by atoms with van der Waals surface area (Å²) in [4.78, 5) is 10.8. The summed E-state index contributed by atoms with van der Waals surface area (Å²) in [6, 6.07) is 10.5. The Morgan fingerprint density at radius 3 is 2.84 bits per heavy atom. The molecule has 1 heterocycles. The van der Waals surface area contributed by atoms with E-state index < -0.39 is 0 Å². The number of hydrogen-bond acceptors (Lipinski definition) is 4. The van der Waals surface area contributed by atoms with Gasteiger partial charge in [-0.2, -0.15) is 0 Å². The van der Waals surface area contributed by atoms with Crippen molar-refractivity contribution in [3.63, 3.8) is 0 Å². The number of anilines is 1. The molecule has 0 aromatic heterocycles. The van der Waals surface area contributed by atoms with E-state index in [1.807, 2.05) is 12.1 Å². The third-order valence-corrected chi connectivity index (χ3v) is 5.44. The molecule has 0 bridgehead atoms. The quantitative estimate of drug-likeness (QED) is 0.473. The number of methoxy groups -OCH3 is 1. The van der Waals surface area contributed by atoms with Gasteiger partial charge in [0, 0.05) is 34.3 Å². The molecule has 2 aromatic rings. The smallest absolute Gasteiger partial charge is 0.269 e. The average molecular weight is 357 g/mol. The lowest BCUT2D eigenvalue weighted by Crippen LogP contribution is -2.29. The highest BCUT2D eigenvalue weighted by molar-refractivity contribution is 6.31. The van der Waals surface area contributed by atoms with Crippen LogP contribution in [0.15, 0.2) is 48.6 Å². The lowest BCUT2D eigenvalue weighted by Gasteiger charge is -2.37. The second-order valence-corrected chi connectivity index (χ2v) is 6.80. The van der Waals surface area contributed by atoms with Crippen LogP contribution in [0.2, 0.25) is 5.02 Å². The van der Waals surface area contributed by atoms with E-state index in [0.29, 0.717) is 5.02 Å². The van der Waals surface area contributed by atoms with E-state index in [1.165, 1.54) is 11.6 Å². The molecule has 0 fully saturated rings. The van der Waals surface area contributed by atoms with Crippen molar-refractivity contribution in [3.05, 3.63) is 74.8 Å². The predicted octanol–water partition coefficient (Wildman–Crippen LogP) is 5.08. The van der Waals surface area contributed by atoms with Crippen LogP contribution < -0.4 is 10.1 Å². The molecule has 4 rings (SSSR count). The van der Waals surface area contributed by atoms with Crippen LogP contribution in [-0.4, -0.2) is 12.0 Å². The first kappa shape index (κ1) is 16.0. The number of hydrogen-bond donors (Lipinski definition) is 1. The Labute approximate surface area is 150 Å². The van der Waals surface area contributed by atoms with Crippen molar-refractivity contribution >= 4 is 23.0 Å². The first-order valence-electron chi connectivity index (χ1n) is 8.13. The molecular weight excluding hydrogens is 340 g/mol. The predicted molar refractivity (Wildman–Crippen MR) is 97.5 cm³/mol. The van der Waals surface area contributed by atoms with Crippen molar-refractivity contribution in [2.24, 2.45) is 5.92 Å². The number of nitrogens with zero attached hydrogens (tertiary/aromatic N) is 1. The molecule has 0 spiro atoms. The van der Waals surface area contributed by atoms with Gasteiger partial charge >= 0.3 is 0 Å². The summed E-state index contributed by atoms with van der Waals surface area (Å²) >= 11 is 6.40. The zero-order chi connectivity index (χ0) is 17.6. The third kappa shape index (κ3) is 2.65. The van der Waals surface area contributed by atoms with Crippen molar-refractivity contribution < 1.29 is 9.66 Å². The van der Waals surface area contributed by atoms with Gasteiger partial charge in [-0.1, -0.05) is 23.8 Å². The first-order chi connectivity index (χ1) is 12.1. The van der Waals surface area contributed by atoms with E-state index in [1.54, 1.807) is 19.2 Å². The summed E-state index contributed by atoms with van der Waals surface area (Å²) in [5.74, 6) is 1.33. The van der Waals surface area contributed by atoms with Gasteiger partial charge in [0.2, 0.25) is 0 Å². The monoisotopic (exact) mass is 356 g/mol. The Morgan fingerprint density at radius 1 is 1.24 bits per heavy atom. The molecule has 25 heavy (non-hydrogen) atoms. The van der Waals surface area contributed by atoms with Gasteiger partial charge in [-0.3, -0.25) is 10.1 Å². The number of ether oxygens (including phenoxy) is 1. The highest BCUT2D eigenvalue weighted by atomic mass is 35.5. The Balaban J connectivity index is 1.80. The number of fused-ring (bicyclic) bond motifs is 3. The Kier molecular flexibility index (Phi) is 3.88. The van der Waals surface area contributed by atoms with E-state index in [0.717, 1.165) is 23.4 Å². The minimum atomic E-state index is -0.383. The Hall–Kier alpha value is -2.53. The van der Waals surface area contributed by atoms with E-state index in [2.05, 4.69) is 23.5 Å². The largest absolute Gasteiger partial charge is 0.497 e. The number of nitro groups is 1. The van der Waals surface area contributed by atoms with Crippen LogP contribution in [0, 0.1) is 16.0 Å². The molecule has 3 atom stereocenters. The second-order valence-electron chi connectivity index (χ2n) is 6.39. The van der Waals surface area contributed by atoms with Gasteiger partial charge in [-0.25, -0.2) is 0 Å². The zero-order valence-corrected chi connectivity index (χ0v) is 14.4. The number of benzene rings is 2. The molecule has 0 saturated heterocycles. The van der Waals surface area contributed by atoms with Crippen molar-refractivity contribution in [1.29, 1.82) is 0 Å². The molecule has 2 unspecified atom stereocenters. The molecular formula is C19H17ClN2O3. The van der Waals surface area contributed by atoms with Gasteiger partial charge in [0.05, 0.1) is 18.1 Å². The number of rotatable bonds is 3. The van der Waals surface area contributed by atoms with Crippen LogP contribution in [-0.2, 0) is 0 Å². The van der Waals surface area contributed by atoms with E-state index in [9.17, 15) is 10.1 Å². The number of nitrogens with one attached hydrogen (secondary N) is 1. The highest BCUT2D eigenvalue weighted by Gasteiger charge is 2.39. The van der Waals surface area contributed by atoms with Crippen LogP contribution in [0.25, 0.3) is 0 Å². The summed E-state index contributed by atoms with van der Waals surface area (Å²) in [6.07, 6.45) is 5.28. The fraction of sp³-hybridized carbons (Fsp3) is 0.263. The molecule has 1 aliphatic heterocycles. The standard InChI is InChI=1S/C19H17ClN2O3/c1-25-12-6-8-18-15(10-12)13-3-2-4-14(13)19(21-18)16-9-11(22(23)24)5-7-17(16)20/h2-3,5-10,13-14,19,21H,4H2,1H3/t13?,14?,19-/m0/s1. The molecule has 0 saturated carbocycles. The van der Waals surface area contributed by atoms with Gasteiger partial charge in [0.1, 0.15) is 5.75 Å². The first-order valence-corrected chi connectivity index (χ1v) is 8.51. The minimum absolute atomic E-state index is 0.0595. The average Bonchev–Trinajstić information content (AvgIpc) is 3.11. The molecule has 1 aliphatic carbocycles. The summed E-state index contributed by atoms with van der Waals surface area (Å²) in [7, 11) is 1.66. The van der Waals surface area contributed by atoms with Gasteiger partial charge in [0.15, 0.2) is 0 Å². The van der Waals surface area contributed by atoms with Crippen LogP contribution in [0.5, 0.6) is 5.75 Å². The Morgan fingerprint density at radius 2 is 2.08 bits per heavy atom. The van der Waals surface area contributed by atoms with Crippen LogP contribution in [0.3, 0.4) is 0 Å². The molecule has 2 aliphatic rings. The maximum Gasteiger partial charge on any atom is 0.269 e. The summed E-state index contributed by atoms with van der Waals surface area (Å²) in [6.45, 7) is 0. The molecule has 0 radical (unpaired) electrons. The second kappa shape index (κ2) is 6.08. The van der Waals surface area contributed by atoms with E-state index in [-0.39, 0.29) is 28.5 Å². The van der Waals surface area contributed by atoms with Crippen molar-refractivity contribution in [2.75, 3.05) is 12.4 Å². The maximum absolute atomic E-state index is 11.2. The fourth-order valence-corrected chi connectivity index (χ4v) is 4.13. The number of non-ortho nitro benzene ring substituents is 1. The number of nitro benzene ring substituents is 1. The molecule has 0 amide bonds. The molecule has 2 aromatic carbocycles.